The summed E-state index contributed by atoms with van der Waals surface area (Å²) in [6.45, 7) is 0. The number of hydrazine groups is 1. The number of nitrogens with one attached hydrogen (secondary N) is 4. The van der Waals surface area contributed by atoms with E-state index in [4.69, 9.17) is 0 Å². The number of hydrogen-bond acceptors (Lipinski definition) is 4. The minimum Gasteiger partial charge on any atom is -0.301 e. The van der Waals surface area contributed by atoms with Crippen molar-refractivity contribution in [1.82, 2.24) is 20.4 Å². The molecule has 0 radical (unpaired) electrons. The van der Waals surface area contributed by atoms with Gasteiger partial charge in [-0.1, -0.05) is 0 Å². The summed E-state index contributed by atoms with van der Waals surface area (Å²) in [4.78, 5) is 0. The Morgan fingerprint density at radius 3 is 1.70 bits per heavy atom. The van der Waals surface area contributed by atoms with Crippen molar-refractivity contribution in [2.45, 2.75) is 0 Å². The first-order valence-corrected chi connectivity index (χ1v) is 6.27. The SMILES string of the molecule is c1cc2cn[nH]c2cc1NNc1ccc2cn[nH]c2c1. The van der Waals surface area contributed by atoms with Crippen molar-refractivity contribution in [2.24, 2.45) is 0 Å². The molecule has 0 aliphatic rings. The fourth-order valence-electron chi connectivity index (χ4n) is 2.17. The molecule has 0 atom stereocenters. The Labute approximate surface area is 114 Å². The molecule has 20 heavy (non-hydrogen) atoms. The number of aromatic nitrogens is 4. The molecular weight excluding hydrogens is 252 g/mol. The molecule has 0 bridgehead atoms. The molecule has 4 aromatic rings. The molecule has 2 aromatic carbocycles. The van der Waals surface area contributed by atoms with E-state index in [9.17, 15) is 0 Å². The molecule has 2 aromatic heterocycles. The first-order valence-electron chi connectivity index (χ1n) is 6.27. The van der Waals surface area contributed by atoms with Crippen molar-refractivity contribution in [2.75, 3.05) is 10.9 Å². The van der Waals surface area contributed by atoms with Gasteiger partial charge in [0, 0.05) is 10.8 Å². The third-order valence-electron chi connectivity index (χ3n) is 3.24. The average Bonchev–Trinajstić information content (AvgIpc) is 3.12. The minimum atomic E-state index is 0.964. The fraction of sp³-hybridized carbons (Fsp3) is 0. The van der Waals surface area contributed by atoms with Gasteiger partial charge in [-0.2, -0.15) is 10.2 Å². The van der Waals surface area contributed by atoms with Gasteiger partial charge >= 0.3 is 0 Å². The molecule has 0 fully saturated rings. The van der Waals surface area contributed by atoms with Gasteiger partial charge in [0.25, 0.3) is 0 Å². The standard InChI is InChI=1S/C14H12N6/c1-3-11(5-13-9(1)7-15-19-13)17-18-12-4-2-10-8-16-20-14(10)6-12/h1-8,17-18H,(H,15,19)(H,16,20). The van der Waals surface area contributed by atoms with Crippen molar-refractivity contribution < 1.29 is 0 Å². The fourth-order valence-corrected chi connectivity index (χ4v) is 2.17. The molecular formula is C14H12N6. The van der Waals surface area contributed by atoms with Crippen LogP contribution in [0.25, 0.3) is 21.8 Å². The number of hydrogen-bond donors (Lipinski definition) is 4. The van der Waals surface area contributed by atoms with Crippen LogP contribution in [0.15, 0.2) is 48.8 Å². The second kappa shape index (κ2) is 4.27. The first-order chi connectivity index (χ1) is 9.88. The maximum Gasteiger partial charge on any atom is 0.0671 e. The van der Waals surface area contributed by atoms with Crippen molar-refractivity contribution in [3.63, 3.8) is 0 Å². The number of nitrogens with zero attached hydrogens (tertiary/aromatic N) is 2. The smallest absolute Gasteiger partial charge is 0.0671 e. The Hall–Kier alpha value is -3.02. The van der Waals surface area contributed by atoms with E-state index in [0.717, 1.165) is 33.2 Å². The molecule has 0 aliphatic heterocycles. The zero-order valence-corrected chi connectivity index (χ0v) is 10.5. The maximum atomic E-state index is 4.00. The lowest BCUT2D eigenvalue weighted by molar-refractivity contribution is 1.12. The molecule has 6 nitrogen and oxygen atoms in total. The molecule has 0 amide bonds. The lowest BCUT2D eigenvalue weighted by atomic mass is 10.2. The Bertz CT molecular complexity index is 801. The number of fused-ring (bicyclic) bond motifs is 2. The second-order valence-electron chi connectivity index (χ2n) is 4.59. The summed E-state index contributed by atoms with van der Waals surface area (Å²) in [6, 6.07) is 12.0. The van der Waals surface area contributed by atoms with E-state index in [0.29, 0.717) is 0 Å². The summed E-state index contributed by atoms with van der Waals surface area (Å²) < 4.78 is 0. The molecule has 0 aliphatic carbocycles. The van der Waals surface area contributed by atoms with Crippen LogP contribution in [0.4, 0.5) is 11.4 Å². The lowest BCUT2D eigenvalue weighted by Crippen LogP contribution is -2.08. The summed E-state index contributed by atoms with van der Waals surface area (Å²) in [5.74, 6) is 0. The predicted molar refractivity (Wildman–Crippen MR) is 79.4 cm³/mol. The normalized spacial score (nSPS) is 11.0. The first kappa shape index (κ1) is 10.9. The summed E-state index contributed by atoms with van der Waals surface area (Å²) in [5.41, 5.74) is 10.3. The molecule has 0 spiro atoms. The highest BCUT2D eigenvalue weighted by molar-refractivity contribution is 5.83. The number of aromatic amines is 2. The van der Waals surface area contributed by atoms with Gasteiger partial charge in [-0.25, -0.2) is 0 Å². The van der Waals surface area contributed by atoms with E-state index in [1.807, 2.05) is 36.4 Å². The third-order valence-corrected chi connectivity index (χ3v) is 3.24. The van der Waals surface area contributed by atoms with Gasteiger partial charge in [0.1, 0.15) is 0 Å². The van der Waals surface area contributed by atoms with Crippen molar-refractivity contribution in [3.05, 3.63) is 48.8 Å². The molecule has 6 heteroatoms. The molecule has 2 heterocycles. The van der Waals surface area contributed by atoms with Crippen LogP contribution >= 0.6 is 0 Å². The van der Waals surface area contributed by atoms with Gasteiger partial charge in [-0.15, -0.1) is 0 Å². The van der Waals surface area contributed by atoms with Crippen LogP contribution in [0.3, 0.4) is 0 Å². The van der Waals surface area contributed by atoms with Gasteiger partial charge in [-0.05, 0) is 36.4 Å². The van der Waals surface area contributed by atoms with Crippen molar-refractivity contribution >= 4 is 33.2 Å². The van der Waals surface area contributed by atoms with Gasteiger partial charge in [-0.3, -0.25) is 10.2 Å². The summed E-state index contributed by atoms with van der Waals surface area (Å²) >= 11 is 0. The van der Waals surface area contributed by atoms with E-state index in [-0.39, 0.29) is 0 Å². The largest absolute Gasteiger partial charge is 0.301 e. The summed E-state index contributed by atoms with van der Waals surface area (Å²) in [5, 5.41) is 16.1. The predicted octanol–water partition coefficient (Wildman–Crippen LogP) is 2.88. The number of anilines is 2. The van der Waals surface area contributed by atoms with E-state index >= 15 is 0 Å². The van der Waals surface area contributed by atoms with Crippen molar-refractivity contribution in [3.8, 4) is 0 Å². The molecule has 0 saturated heterocycles. The highest BCUT2D eigenvalue weighted by Crippen LogP contribution is 2.19. The third kappa shape index (κ3) is 1.83. The zero-order chi connectivity index (χ0) is 13.4. The minimum absolute atomic E-state index is 0.964. The van der Waals surface area contributed by atoms with Crippen LogP contribution in [0, 0.1) is 0 Å². The Morgan fingerprint density at radius 2 is 1.20 bits per heavy atom. The topological polar surface area (TPSA) is 81.4 Å². The number of H-pyrrole nitrogens is 2. The van der Waals surface area contributed by atoms with Gasteiger partial charge in [0.2, 0.25) is 0 Å². The molecule has 0 unspecified atom stereocenters. The van der Waals surface area contributed by atoms with Gasteiger partial charge in [0.15, 0.2) is 0 Å². The highest BCUT2D eigenvalue weighted by atomic mass is 15.4. The number of rotatable bonds is 3. The Balaban J connectivity index is 1.56. The van der Waals surface area contributed by atoms with E-state index in [1.165, 1.54) is 0 Å². The van der Waals surface area contributed by atoms with Crippen LogP contribution in [-0.2, 0) is 0 Å². The zero-order valence-electron chi connectivity index (χ0n) is 10.5. The summed E-state index contributed by atoms with van der Waals surface area (Å²) in [7, 11) is 0. The molecule has 0 saturated carbocycles. The Kier molecular flexibility index (Phi) is 2.32. The molecule has 4 rings (SSSR count). The average molecular weight is 264 g/mol. The Morgan fingerprint density at radius 1 is 0.700 bits per heavy atom. The van der Waals surface area contributed by atoms with Crippen LogP contribution in [0.5, 0.6) is 0 Å². The van der Waals surface area contributed by atoms with Crippen LogP contribution in [0.2, 0.25) is 0 Å². The second-order valence-corrected chi connectivity index (χ2v) is 4.59. The molecule has 98 valence electrons. The quantitative estimate of drug-likeness (QED) is 0.429. The van der Waals surface area contributed by atoms with E-state index in [2.05, 4.69) is 31.2 Å². The maximum absolute atomic E-state index is 4.00. The van der Waals surface area contributed by atoms with Gasteiger partial charge < -0.3 is 10.9 Å². The number of benzene rings is 2. The summed E-state index contributed by atoms with van der Waals surface area (Å²) in [6.07, 6.45) is 3.61. The molecule has 4 N–H and O–H groups in total. The van der Waals surface area contributed by atoms with Crippen molar-refractivity contribution in [1.29, 1.82) is 0 Å². The van der Waals surface area contributed by atoms with Crippen LogP contribution < -0.4 is 10.9 Å². The van der Waals surface area contributed by atoms with Crippen LogP contribution in [-0.4, -0.2) is 20.4 Å². The lowest BCUT2D eigenvalue weighted by Gasteiger charge is -2.09. The monoisotopic (exact) mass is 264 g/mol. The van der Waals surface area contributed by atoms with Gasteiger partial charge in [0.05, 0.1) is 34.8 Å². The van der Waals surface area contributed by atoms with Crippen LogP contribution in [0.1, 0.15) is 0 Å². The van der Waals surface area contributed by atoms with E-state index in [1.54, 1.807) is 12.4 Å². The van der Waals surface area contributed by atoms with E-state index < -0.39 is 0 Å². The highest BCUT2D eigenvalue weighted by Gasteiger charge is 1.99.